The summed E-state index contributed by atoms with van der Waals surface area (Å²) in [5.41, 5.74) is 0.823. The molecule has 1 fully saturated rings. The zero-order valence-corrected chi connectivity index (χ0v) is 16.8. The molecule has 2 N–H and O–H groups in total. The fourth-order valence-corrected chi connectivity index (χ4v) is 3.38. The third-order valence-electron chi connectivity index (χ3n) is 5.12. The summed E-state index contributed by atoms with van der Waals surface area (Å²) >= 11 is 0. The van der Waals surface area contributed by atoms with Gasteiger partial charge in [-0.3, -0.25) is 29.5 Å². The van der Waals surface area contributed by atoms with Crippen LogP contribution in [0.4, 0.5) is 17.1 Å². The lowest BCUT2D eigenvalue weighted by atomic mass is 10.2. The smallest absolute Gasteiger partial charge is 0.292 e. The van der Waals surface area contributed by atoms with E-state index in [9.17, 15) is 19.7 Å². The minimum absolute atomic E-state index is 0.0724. The number of piperazine rings is 1. The Morgan fingerprint density at radius 2 is 1.63 bits per heavy atom. The van der Waals surface area contributed by atoms with E-state index in [4.69, 9.17) is 0 Å². The number of anilines is 2. The molecule has 0 saturated carbocycles. The van der Waals surface area contributed by atoms with Gasteiger partial charge in [0.15, 0.2) is 0 Å². The number of hydrogen-bond acceptors (Lipinski definition) is 6. The third kappa shape index (κ3) is 5.62. The van der Waals surface area contributed by atoms with Gasteiger partial charge in [0.05, 0.1) is 17.5 Å². The summed E-state index contributed by atoms with van der Waals surface area (Å²) in [6.45, 7) is 4.65. The molecular weight excluding hydrogens is 386 g/mol. The van der Waals surface area contributed by atoms with Crippen LogP contribution in [-0.2, 0) is 9.59 Å². The predicted molar refractivity (Wildman–Crippen MR) is 114 cm³/mol. The summed E-state index contributed by atoms with van der Waals surface area (Å²) in [4.78, 5) is 39.5. The van der Waals surface area contributed by atoms with E-state index < -0.39 is 11.0 Å². The van der Waals surface area contributed by atoms with Crippen LogP contribution in [0.25, 0.3) is 0 Å². The molecule has 0 spiro atoms. The molecule has 158 valence electrons. The Kier molecular flexibility index (Phi) is 7.10. The van der Waals surface area contributed by atoms with E-state index in [0.29, 0.717) is 32.7 Å². The monoisotopic (exact) mass is 411 g/mol. The number of nitro groups is 1. The van der Waals surface area contributed by atoms with E-state index in [0.717, 1.165) is 5.69 Å². The molecule has 9 nitrogen and oxygen atoms in total. The van der Waals surface area contributed by atoms with Gasteiger partial charge in [0.25, 0.3) is 5.69 Å². The predicted octanol–water partition coefficient (Wildman–Crippen LogP) is 2.18. The van der Waals surface area contributed by atoms with Crippen LogP contribution in [0.2, 0.25) is 0 Å². The molecule has 1 aliphatic rings. The zero-order chi connectivity index (χ0) is 21.5. The van der Waals surface area contributed by atoms with Crippen molar-refractivity contribution in [3.8, 4) is 0 Å². The number of carbonyl (C=O) groups is 2. The van der Waals surface area contributed by atoms with Gasteiger partial charge in [0, 0.05) is 37.9 Å². The van der Waals surface area contributed by atoms with Gasteiger partial charge in [-0.2, -0.15) is 0 Å². The second kappa shape index (κ2) is 9.95. The van der Waals surface area contributed by atoms with Crippen molar-refractivity contribution < 1.29 is 14.5 Å². The lowest BCUT2D eigenvalue weighted by molar-refractivity contribution is -0.383. The van der Waals surface area contributed by atoms with Crippen LogP contribution in [-0.4, -0.2) is 65.3 Å². The molecule has 1 atom stereocenters. The van der Waals surface area contributed by atoms with Gasteiger partial charge in [-0.15, -0.1) is 0 Å². The Morgan fingerprint density at radius 3 is 2.30 bits per heavy atom. The number of nitro benzene ring substituents is 1. The molecule has 2 amide bonds. The highest BCUT2D eigenvalue weighted by molar-refractivity contribution is 5.96. The minimum atomic E-state index is -0.514. The molecule has 0 unspecified atom stereocenters. The molecule has 0 aromatic heterocycles. The zero-order valence-electron chi connectivity index (χ0n) is 16.8. The lowest BCUT2D eigenvalue weighted by Gasteiger charge is -2.37. The quantitative estimate of drug-likeness (QED) is 0.534. The maximum atomic E-state index is 12.6. The fraction of sp³-hybridized carbons (Fsp3) is 0.333. The van der Waals surface area contributed by atoms with E-state index in [1.54, 1.807) is 19.1 Å². The first-order chi connectivity index (χ1) is 14.4. The Labute approximate surface area is 174 Å². The van der Waals surface area contributed by atoms with Crippen molar-refractivity contribution in [2.75, 3.05) is 43.4 Å². The third-order valence-corrected chi connectivity index (χ3v) is 5.12. The molecule has 1 saturated heterocycles. The van der Waals surface area contributed by atoms with Gasteiger partial charge in [0.1, 0.15) is 5.69 Å². The van der Waals surface area contributed by atoms with E-state index in [1.807, 2.05) is 40.1 Å². The van der Waals surface area contributed by atoms with E-state index in [-0.39, 0.29) is 23.2 Å². The average Bonchev–Trinajstić information content (AvgIpc) is 2.74. The number of nitrogens with zero attached hydrogens (tertiary/aromatic N) is 3. The Bertz CT molecular complexity index is 897. The van der Waals surface area contributed by atoms with Crippen molar-refractivity contribution in [3.63, 3.8) is 0 Å². The second-order valence-electron chi connectivity index (χ2n) is 7.17. The van der Waals surface area contributed by atoms with Crippen molar-refractivity contribution in [1.29, 1.82) is 0 Å². The summed E-state index contributed by atoms with van der Waals surface area (Å²) in [5.74, 6) is -0.364. The van der Waals surface area contributed by atoms with E-state index in [1.165, 1.54) is 12.1 Å². The number of para-hydroxylation sites is 3. The standard InChI is InChI=1S/C21H25N5O4/c1-16(21(28)23-18-9-5-6-10-19(18)26(29)30)25-13-11-24(12-14-25)15-20(27)22-17-7-3-2-4-8-17/h2-10,16H,11-15H2,1H3,(H,22,27)(H,23,28)/t16-/m0/s1. The van der Waals surface area contributed by atoms with E-state index >= 15 is 0 Å². The van der Waals surface area contributed by atoms with Crippen LogP contribution in [0, 0.1) is 10.1 Å². The van der Waals surface area contributed by atoms with Gasteiger partial charge in [-0.05, 0) is 25.1 Å². The van der Waals surface area contributed by atoms with Crippen LogP contribution >= 0.6 is 0 Å². The van der Waals surface area contributed by atoms with Crippen LogP contribution in [0.5, 0.6) is 0 Å². The lowest BCUT2D eigenvalue weighted by Crippen LogP contribution is -2.53. The number of rotatable bonds is 7. The van der Waals surface area contributed by atoms with Crippen molar-refractivity contribution >= 4 is 28.9 Å². The number of amides is 2. The van der Waals surface area contributed by atoms with Crippen molar-refractivity contribution in [3.05, 3.63) is 64.7 Å². The first-order valence-corrected chi connectivity index (χ1v) is 9.79. The maximum absolute atomic E-state index is 12.6. The molecular formula is C21H25N5O4. The van der Waals surface area contributed by atoms with Gasteiger partial charge >= 0.3 is 0 Å². The summed E-state index contributed by atoms with van der Waals surface area (Å²) < 4.78 is 0. The van der Waals surface area contributed by atoms with Gasteiger partial charge < -0.3 is 10.6 Å². The number of benzene rings is 2. The normalized spacial score (nSPS) is 15.9. The van der Waals surface area contributed by atoms with Gasteiger partial charge in [0.2, 0.25) is 11.8 Å². The van der Waals surface area contributed by atoms with Gasteiger partial charge in [-0.1, -0.05) is 30.3 Å². The molecule has 3 rings (SSSR count). The first-order valence-electron chi connectivity index (χ1n) is 9.79. The van der Waals surface area contributed by atoms with Crippen LogP contribution in [0.15, 0.2) is 54.6 Å². The van der Waals surface area contributed by atoms with Crippen molar-refractivity contribution in [2.45, 2.75) is 13.0 Å². The van der Waals surface area contributed by atoms with Crippen molar-refractivity contribution in [2.24, 2.45) is 0 Å². The number of nitrogens with one attached hydrogen (secondary N) is 2. The largest absolute Gasteiger partial charge is 0.325 e. The van der Waals surface area contributed by atoms with Crippen LogP contribution in [0.3, 0.4) is 0 Å². The second-order valence-corrected chi connectivity index (χ2v) is 7.17. The molecule has 2 aromatic rings. The highest BCUT2D eigenvalue weighted by Crippen LogP contribution is 2.23. The Morgan fingerprint density at radius 1 is 1.00 bits per heavy atom. The first kappa shape index (κ1) is 21.4. The number of carbonyl (C=O) groups excluding carboxylic acids is 2. The summed E-state index contributed by atoms with van der Waals surface area (Å²) in [6.07, 6.45) is 0. The molecule has 0 bridgehead atoms. The maximum Gasteiger partial charge on any atom is 0.292 e. The average molecular weight is 411 g/mol. The molecule has 0 aliphatic carbocycles. The highest BCUT2D eigenvalue weighted by Gasteiger charge is 2.27. The molecule has 2 aromatic carbocycles. The van der Waals surface area contributed by atoms with Gasteiger partial charge in [-0.25, -0.2) is 0 Å². The summed E-state index contributed by atoms with van der Waals surface area (Å²) in [5, 5.41) is 16.6. The summed E-state index contributed by atoms with van der Waals surface area (Å²) in [7, 11) is 0. The topological polar surface area (TPSA) is 108 Å². The molecule has 1 aliphatic heterocycles. The molecule has 30 heavy (non-hydrogen) atoms. The molecule has 9 heteroatoms. The Hall–Kier alpha value is -3.30. The van der Waals surface area contributed by atoms with Crippen LogP contribution < -0.4 is 10.6 Å². The highest BCUT2D eigenvalue weighted by atomic mass is 16.6. The van der Waals surface area contributed by atoms with Crippen molar-refractivity contribution in [1.82, 2.24) is 9.80 Å². The molecule has 1 heterocycles. The number of hydrogen-bond donors (Lipinski definition) is 2. The Balaban J connectivity index is 1.48. The minimum Gasteiger partial charge on any atom is -0.325 e. The fourth-order valence-electron chi connectivity index (χ4n) is 3.38. The van der Waals surface area contributed by atoms with E-state index in [2.05, 4.69) is 10.6 Å². The summed E-state index contributed by atoms with van der Waals surface area (Å²) in [6, 6.07) is 15.0. The SMILES string of the molecule is C[C@@H](C(=O)Nc1ccccc1[N+](=O)[O-])N1CCN(CC(=O)Nc2ccccc2)CC1. The van der Waals surface area contributed by atoms with Crippen LogP contribution in [0.1, 0.15) is 6.92 Å². The molecule has 0 radical (unpaired) electrons.